The van der Waals surface area contributed by atoms with E-state index in [0.29, 0.717) is 12.3 Å². The fourth-order valence-electron chi connectivity index (χ4n) is 2.49. The Morgan fingerprint density at radius 2 is 1.96 bits per heavy atom. The number of ether oxygens (including phenoxy) is 1. The highest BCUT2D eigenvalue weighted by Gasteiger charge is 2.38. The summed E-state index contributed by atoms with van der Waals surface area (Å²) in [6.07, 6.45) is 0.105. The molecule has 0 bridgehead atoms. The molecule has 1 heterocycles. The van der Waals surface area contributed by atoms with Crippen molar-refractivity contribution in [3.05, 3.63) is 24.3 Å². The number of anilines is 1. The van der Waals surface area contributed by atoms with Crippen molar-refractivity contribution >= 4 is 23.4 Å². The number of carbonyl (C=O) groups is 3. The number of primary amides is 1. The molecule has 0 aromatic heterocycles. The zero-order valence-electron chi connectivity index (χ0n) is 14.2. The molecule has 1 unspecified atom stereocenters. The number of carbonyl (C=O) groups excluding carboxylic acids is 3. The maximum Gasteiger partial charge on any atom is 0.242 e. The Balaban J connectivity index is 2.05. The van der Waals surface area contributed by atoms with E-state index in [9.17, 15) is 14.4 Å². The number of rotatable bonds is 6. The standard InChI is InChI=1S/C17H23N3O4/c1-4-24-13-7-5-12(6-8-13)20-10-11(9-14(20)21)15(22)19-17(2,3)16(18)23/h5-8,11H,4,9-10H2,1-3H3,(H2,18,23)(H,19,22). The van der Waals surface area contributed by atoms with Gasteiger partial charge in [0.1, 0.15) is 11.3 Å². The molecule has 1 saturated heterocycles. The number of nitrogens with one attached hydrogen (secondary N) is 1. The molecule has 0 spiro atoms. The Morgan fingerprint density at radius 1 is 1.33 bits per heavy atom. The molecule has 0 radical (unpaired) electrons. The van der Waals surface area contributed by atoms with Crippen LogP contribution in [0.15, 0.2) is 24.3 Å². The number of hydrogen-bond acceptors (Lipinski definition) is 4. The van der Waals surface area contributed by atoms with Gasteiger partial charge in [0.25, 0.3) is 0 Å². The largest absolute Gasteiger partial charge is 0.494 e. The van der Waals surface area contributed by atoms with Crippen LogP contribution in [-0.2, 0) is 14.4 Å². The van der Waals surface area contributed by atoms with Gasteiger partial charge in [-0.25, -0.2) is 0 Å². The molecule has 3 amide bonds. The lowest BCUT2D eigenvalue weighted by Gasteiger charge is -2.24. The predicted molar refractivity (Wildman–Crippen MR) is 89.5 cm³/mol. The minimum absolute atomic E-state index is 0.105. The quantitative estimate of drug-likeness (QED) is 0.804. The third-order valence-electron chi connectivity index (χ3n) is 4.01. The monoisotopic (exact) mass is 333 g/mol. The van der Waals surface area contributed by atoms with E-state index in [1.807, 2.05) is 6.92 Å². The zero-order chi connectivity index (χ0) is 17.9. The highest BCUT2D eigenvalue weighted by molar-refractivity contribution is 6.01. The van der Waals surface area contributed by atoms with Crippen LogP contribution in [0.25, 0.3) is 0 Å². The average molecular weight is 333 g/mol. The van der Waals surface area contributed by atoms with Crippen molar-refractivity contribution in [1.82, 2.24) is 5.32 Å². The minimum atomic E-state index is -1.15. The summed E-state index contributed by atoms with van der Waals surface area (Å²) in [5.74, 6) is -0.881. The Hall–Kier alpha value is -2.57. The molecule has 2 rings (SSSR count). The van der Waals surface area contributed by atoms with E-state index in [1.165, 1.54) is 13.8 Å². The van der Waals surface area contributed by atoms with Crippen molar-refractivity contribution in [2.75, 3.05) is 18.1 Å². The molecule has 130 valence electrons. The van der Waals surface area contributed by atoms with Crippen molar-refractivity contribution in [1.29, 1.82) is 0 Å². The summed E-state index contributed by atoms with van der Waals surface area (Å²) < 4.78 is 5.38. The van der Waals surface area contributed by atoms with E-state index in [1.54, 1.807) is 29.2 Å². The third-order valence-corrected chi connectivity index (χ3v) is 4.01. The molecule has 1 aromatic carbocycles. The average Bonchev–Trinajstić information content (AvgIpc) is 2.90. The Labute approximate surface area is 141 Å². The van der Waals surface area contributed by atoms with Crippen LogP contribution in [0.1, 0.15) is 27.2 Å². The molecule has 7 nitrogen and oxygen atoms in total. The van der Waals surface area contributed by atoms with Gasteiger partial charge in [0.15, 0.2) is 0 Å². The van der Waals surface area contributed by atoms with E-state index in [4.69, 9.17) is 10.5 Å². The predicted octanol–water partition coefficient (Wildman–Crippen LogP) is 0.818. The van der Waals surface area contributed by atoms with Gasteiger partial charge in [-0.3, -0.25) is 14.4 Å². The molecule has 1 atom stereocenters. The van der Waals surface area contributed by atoms with E-state index >= 15 is 0 Å². The van der Waals surface area contributed by atoms with Crippen LogP contribution in [0.4, 0.5) is 5.69 Å². The second kappa shape index (κ2) is 6.90. The van der Waals surface area contributed by atoms with Crippen LogP contribution in [-0.4, -0.2) is 36.4 Å². The molecular formula is C17H23N3O4. The van der Waals surface area contributed by atoms with Crippen molar-refractivity contribution in [3.63, 3.8) is 0 Å². The first-order valence-corrected chi connectivity index (χ1v) is 7.89. The molecule has 1 aromatic rings. The lowest BCUT2D eigenvalue weighted by Crippen LogP contribution is -2.54. The van der Waals surface area contributed by atoms with E-state index < -0.39 is 17.4 Å². The molecule has 0 aliphatic carbocycles. The fourth-order valence-corrected chi connectivity index (χ4v) is 2.49. The third kappa shape index (κ3) is 3.84. The maximum atomic E-state index is 12.3. The SMILES string of the molecule is CCOc1ccc(N2CC(C(=O)NC(C)(C)C(N)=O)CC2=O)cc1. The first kappa shape index (κ1) is 17.8. The lowest BCUT2D eigenvalue weighted by atomic mass is 10.0. The lowest BCUT2D eigenvalue weighted by molar-refractivity contribution is -0.132. The second-order valence-corrected chi connectivity index (χ2v) is 6.31. The van der Waals surface area contributed by atoms with Crippen molar-refractivity contribution in [2.45, 2.75) is 32.7 Å². The van der Waals surface area contributed by atoms with Gasteiger partial charge < -0.3 is 20.7 Å². The number of amides is 3. The van der Waals surface area contributed by atoms with Crippen molar-refractivity contribution < 1.29 is 19.1 Å². The summed E-state index contributed by atoms with van der Waals surface area (Å²) in [7, 11) is 0. The van der Waals surface area contributed by atoms with Crippen molar-refractivity contribution in [2.24, 2.45) is 11.7 Å². The molecule has 1 fully saturated rings. The molecule has 24 heavy (non-hydrogen) atoms. The number of benzene rings is 1. The Bertz CT molecular complexity index is 640. The fraction of sp³-hybridized carbons (Fsp3) is 0.471. The van der Waals surface area contributed by atoms with Crippen LogP contribution < -0.4 is 20.7 Å². The smallest absolute Gasteiger partial charge is 0.242 e. The number of nitrogens with two attached hydrogens (primary N) is 1. The van der Waals surface area contributed by atoms with Gasteiger partial charge >= 0.3 is 0 Å². The van der Waals surface area contributed by atoms with E-state index in [2.05, 4.69) is 5.32 Å². The first-order valence-electron chi connectivity index (χ1n) is 7.89. The maximum absolute atomic E-state index is 12.3. The van der Waals surface area contributed by atoms with Crippen LogP contribution in [0.5, 0.6) is 5.75 Å². The zero-order valence-corrected chi connectivity index (χ0v) is 14.2. The minimum Gasteiger partial charge on any atom is -0.494 e. The van der Waals surface area contributed by atoms with Gasteiger partial charge in [-0.15, -0.1) is 0 Å². The van der Waals surface area contributed by atoms with E-state index in [0.717, 1.165) is 5.75 Å². The molecule has 1 aliphatic rings. The topological polar surface area (TPSA) is 102 Å². The molecular weight excluding hydrogens is 310 g/mol. The van der Waals surface area contributed by atoms with Gasteiger partial charge in [-0.2, -0.15) is 0 Å². The van der Waals surface area contributed by atoms with Gasteiger partial charge in [0.2, 0.25) is 17.7 Å². The summed E-state index contributed by atoms with van der Waals surface area (Å²) in [5.41, 5.74) is 4.83. The highest BCUT2D eigenvalue weighted by atomic mass is 16.5. The van der Waals surface area contributed by atoms with Crippen LogP contribution in [0, 0.1) is 5.92 Å². The summed E-state index contributed by atoms with van der Waals surface area (Å²) in [6, 6.07) is 7.15. The van der Waals surface area contributed by atoms with Gasteiger partial charge in [0, 0.05) is 18.7 Å². The van der Waals surface area contributed by atoms with Gasteiger partial charge in [-0.1, -0.05) is 0 Å². The number of hydrogen-bond donors (Lipinski definition) is 2. The first-order chi connectivity index (χ1) is 11.2. The molecule has 1 aliphatic heterocycles. The summed E-state index contributed by atoms with van der Waals surface area (Å²) in [5, 5.41) is 2.60. The van der Waals surface area contributed by atoms with Crippen LogP contribution in [0.3, 0.4) is 0 Å². The summed E-state index contributed by atoms with van der Waals surface area (Å²) in [6.45, 7) is 5.81. The number of nitrogens with zero attached hydrogens (tertiary/aromatic N) is 1. The molecule has 7 heteroatoms. The van der Waals surface area contributed by atoms with Crippen LogP contribution in [0.2, 0.25) is 0 Å². The Kier molecular flexibility index (Phi) is 5.11. The van der Waals surface area contributed by atoms with E-state index in [-0.39, 0.29) is 24.8 Å². The second-order valence-electron chi connectivity index (χ2n) is 6.31. The van der Waals surface area contributed by atoms with Gasteiger partial charge in [-0.05, 0) is 45.0 Å². The van der Waals surface area contributed by atoms with Crippen molar-refractivity contribution in [3.8, 4) is 5.75 Å². The van der Waals surface area contributed by atoms with Crippen LogP contribution >= 0.6 is 0 Å². The summed E-state index contributed by atoms with van der Waals surface area (Å²) in [4.78, 5) is 37.4. The highest BCUT2D eigenvalue weighted by Crippen LogP contribution is 2.27. The Morgan fingerprint density at radius 3 is 2.50 bits per heavy atom. The normalized spacial score (nSPS) is 17.7. The summed E-state index contributed by atoms with van der Waals surface area (Å²) >= 11 is 0. The van der Waals surface area contributed by atoms with Gasteiger partial charge in [0.05, 0.1) is 12.5 Å². The molecule has 3 N–H and O–H groups in total. The molecule has 0 saturated carbocycles.